The van der Waals surface area contributed by atoms with Gasteiger partial charge in [0.05, 0.1) is 22.8 Å². The maximum absolute atomic E-state index is 12.0. The molecule has 0 aliphatic heterocycles. The Morgan fingerprint density at radius 2 is 1.12 bits per heavy atom. The van der Waals surface area contributed by atoms with Crippen molar-refractivity contribution >= 4 is 23.4 Å². The Morgan fingerprint density at radius 3 is 1.42 bits per heavy atom. The van der Waals surface area contributed by atoms with Crippen molar-refractivity contribution in [3.8, 4) is 0 Å². The van der Waals surface area contributed by atoms with Crippen molar-refractivity contribution < 1.29 is 9.59 Å². The summed E-state index contributed by atoms with van der Waals surface area (Å²) in [5, 5.41) is 11.2. The predicted molar refractivity (Wildman–Crippen MR) is 97.5 cm³/mol. The summed E-state index contributed by atoms with van der Waals surface area (Å²) in [5.41, 5.74) is 1.77. The van der Waals surface area contributed by atoms with E-state index >= 15 is 0 Å². The van der Waals surface area contributed by atoms with Gasteiger partial charge in [0.2, 0.25) is 0 Å². The number of aryl methyl sites for hydroxylation is 2. The number of hydrogen-bond donors (Lipinski definition) is 4. The molecule has 0 spiro atoms. The Hall–Kier alpha value is -2.31. The molecule has 1 rings (SSSR count). The molecule has 0 unspecified atom stereocenters. The molecule has 0 radical (unpaired) electrons. The highest BCUT2D eigenvalue weighted by Gasteiger charge is 2.17. The molecule has 0 atom stereocenters. The molecule has 0 aliphatic rings. The van der Waals surface area contributed by atoms with Crippen molar-refractivity contribution in [2.45, 2.75) is 66.5 Å². The second-order valence-corrected chi connectivity index (χ2v) is 7.91. The van der Waals surface area contributed by atoms with E-state index in [0.717, 1.165) is 0 Å². The van der Waals surface area contributed by atoms with Crippen molar-refractivity contribution in [2.24, 2.45) is 0 Å². The van der Waals surface area contributed by atoms with Gasteiger partial charge in [-0.15, -0.1) is 0 Å². The number of aromatic nitrogens is 1. The van der Waals surface area contributed by atoms with E-state index in [0.29, 0.717) is 22.8 Å². The van der Waals surface area contributed by atoms with Crippen molar-refractivity contribution in [1.29, 1.82) is 0 Å². The molecule has 0 aromatic carbocycles. The van der Waals surface area contributed by atoms with Gasteiger partial charge in [0, 0.05) is 11.1 Å². The predicted octanol–water partition coefficient (Wildman–Crippen LogP) is 3.54. The standard InChI is InChI=1S/C17H29N5O2/c1-10-12(19-14(23)21-16(3,4)5)9-13(11(2)18-10)20-15(24)22-17(6,7)8/h9H,1-8H3,(H2,19,21,23)(H2,20,22,24). The van der Waals surface area contributed by atoms with Crippen LogP contribution in [0.2, 0.25) is 0 Å². The first kappa shape index (κ1) is 19.7. The molecule has 1 aromatic heterocycles. The molecule has 134 valence electrons. The number of carbonyl (C=O) groups is 2. The zero-order valence-corrected chi connectivity index (χ0v) is 15.8. The third-order valence-electron chi connectivity index (χ3n) is 2.88. The topological polar surface area (TPSA) is 95.2 Å². The lowest BCUT2D eigenvalue weighted by Crippen LogP contribution is -2.43. The molecule has 0 fully saturated rings. The minimum absolute atomic E-state index is 0.318. The maximum atomic E-state index is 12.0. The van der Waals surface area contributed by atoms with Crippen LogP contribution >= 0.6 is 0 Å². The van der Waals surface area contributed by atoms with Crippen molar-refractivity contribution in [1.82, 2.24) is 15.6 Å². The molecule has 0 aliphatic carbocycles. The normalized spacial score (nSPS) is 11.7. The minimum Gasteiger partial charge on any atom is -0.333 e. The van der Waals surface area contributed by atoms with E-state index in [1.165, 1.54) is 0 Å². The molecular formula is C17H29N5O2. The third-order valence-corrected chi connectivity index (χ3v) is 2.88. The molecule has 24 heavy (non-hydrogen) atoms. The van der Waals surface area contributed by atoms with Gasteiger partial charge in [0.15, 0.2) is 0 Å². The van der Waals surface area contributed by atoms with Crippen molar-refractivity contribution in [3.05, 3.63) is 17.5 Å². The van der Waals surface area contributed by atoms with Gasteiger partial charge in [-0.2, -0.15) is 0 Å². The molecular weight excluding hydrogens is 306 g/mol. The first-order valence-electron chi connectivity index (χ1n) is 7.93. The number of hydrogen-bond acceptors (Lipinski definition) is 3. The monoisotopic (exact) mass is 335 g/mol. The van der Waals surface area contributed by atoms with Crippen LogP contribution in [0.5, 0.6) is 0 Å². The van der Waals surface area contributed by atoms with Crippen LogP contribution in [0.1, 0.15) is 52.9 Å². The van der Waals surface area contributed by atoms with Crippen LogP contribution in [0.15, 0.2) is 6.07 Å². The number of urea groups is 2. The average molecular weight is 335 g/mol. The fraction of sp³-hybridized carbons (Fsp3) is 0.588. The molecule has 7 nitrogen and oxygen atoms in total. The Bertz CT molecular complexity index is 576. The van der Waals surface area contributed by atoms with E-state index in [2.05, 4.69) is 26.3 Å². The summed E-state index contributed by atoms with van der Waals surface area (Å²) in [6, 6.07) is 1.07. The molecule has 1 heterocycles. The van der Waals surface area contributed by atoms with Crippen LogP contribution in [-0.4, -0.2) is 28.1 Å². The molecule has 4 amide bonds. The zero-order chi connectivity index (χ0) is 18.7. The lowest BCUT2D eigenvalue weighted by molar-refractivity contribution is 0.243. The molecule has 0 saturated heterocycles. The van der Waals surface area contributed by atoms with Crippen LogP contribution in [0.25, 0.3) is 0 Å². The van der Waals surface area contributed by atoms with Gasteiger partial charge in [0.25, 0.3) is 0 Å². The van der Waals surface area contributed by atoms with Gasteiger partial charge in [-0.25, -0.2) is 9.59 Å². The third kappa shape index (κ3) is 6.85. The summed E-state index contributed by atoms with van der Waals surface area (Å²) in [5.74, 6) is 0. The van der Waals surface area contributed by atoms with Crippen LogP contribution < -0.4 is 21.3 Å². The molecule has 0 bridgehead atoms. The van der Waals surface area contributed by atoms with Gasteiger partial charge < -0.3 is 21.3 Å². The van der Waals surface area contributed by atoms with Gasteiger partial charge >= 0.3 is 12.1 Å². The quantitative estimate of drug-likeness (QED) is 0.666. The number of nitrogens with one attached hydrogen (secondary N) is 4. The summed E-state index contributed by atoms with van der Waals surface area (Å²) < 4.78 is 0. The lowest BCUT2D eigenvalue weighted by Gasteiger charge is -2.22. The Kier molecular flexibility index (Phi) is 5.81. The second-order valence-electron chi connectivity index (χ2n) is 7.91. The van der Waals surface area contributed by atoms with E-state index in [1.54, 1.807) is 19.9 Å². The highest BCUT2D eigenvalue weighted by atomic mass is 16.2. The van der Waals surface area contributed by atoms with E-state index < -0.39 is 0 Å². The van der Waals surface area contributed by atoms with Gasteiger partial charge in [-0.1, -0.05) is 0 Å². The highest BCUT2D eigenvalue weighted by molar-refractivity contribution is 5.94. The summed E-state index contributed by atoms with van der Waals surface area (Å²) in [4.78, 5) is 28.5. The number of anilines is 2. The number of carbonyl (C=O) groups excluding carboxylic acids is 2. The van der Waals surface area contributed by atoms with Crippen molar-refractivity contribution in [3.63, 3.8) is 0 Å². The molecule has 4 N–H and O–H groups in total. The van der Waals surface area contributed by atoms with E-state index in [1.807, 2.05) is 41.5 Å². The smallest absolute Gasteiger partial charge is 0.319 e. The Labute approximate surface area is 144 Å². The molecule has 7 heteroatoms. The van der Waals surface area contributed by atoms with E-state index in [9.17, 15) is 9.59 Å². The van der Waals surface area contributed by atoms with Crippen LogP contribution in [0, 0.1) is 13.8 Å². The number of nitrogens with zero attached hydrogens (tertiary/aromatic N) is 1. The molecule has 1 aromatic rings. The Balaban J connectivity index is 2.93. The first-order chi connectivity index (χ1) is 10.8. The van der Waals surface area contributed by atoms with Gasteiger partial charge in [-0.3, -0.25) is 4.98 Å². The summed E-state index contributed by atoms with van der Waals surface area (Å²) >= 11 is 0. The van der Waals surface area contributed by atoms with E-state index in [4.69, 9.17) is 0 Å². The fourth-order valence-electron chi connectivity index (χ4n) is 1.97. The molecule has 0 saturated carbocycles. The summed E-state index contributed by atoms with van der Waals surface area (Å²) in [6.45, 7) is 15.0. The largest absolute Gasteiger partial charge is 0.333 e. The number of amides is 4. The van der Waals surface area contributed by atoms with Crippen molar-refractivity contribution in [2.75, 3.05) is 10.6 Å². The summed E-state index contributed by atoms with van der Waals surface area (Å²) in [6.07, 6.45) is 0. The highest BCUT2D eigenvalue weighted by Crippen LogP contribution is 2.22. The van der Waals surface area contributed by atoms with Gasteiger partial charge in [0.1, 0.15) is 0 Å². The van der Waals surface area contributed by atoms with E-state index in [-0.39, 0.29) is 23.1 Å². The second kappa shape index (κ2) is 7.07. The van der Waals surface area contributed by atoms with Crippen LogP contribution in [0.4, 0.5) is 21.0 Å². The number of rotatable bonds is 2. The van der Waals surface area contributed by atoms with Gasteiger partial charge in [-0.05, 0) is 61.5 Å². The maximum Gasteiger partial charge on any atom is 0.319 e. The zero-order valence-electron chi connectivity index (χ0n) is 15.8. The summed E-state index contributed by atoms with van der Waals surface area (Å²) in [7, 11) is 0. The average Bonchev–Trinajstić information content (AvgIpc) is 2.30. The fourth-order valence-corrected chi connectivity index (χ4v) is 1.97. The Morgan fingerprint density at radius 1 is 0.792 bits per heavy atom. The number of pyridine rings is 1. The van der Waals surface area contributed by atoms with Crippen LogP contribution in [0.3, 0.4) is 0 Å². The minimum atomic E-state index is -0.343. The SMILES string of the molecule is Cc1nc(C)c(NC(=O)NC(C)(C)C)cc1NC(=O)NC(C)(C)C. The van der Waals surface area contributed by atoms with Crippen LogP contribution in [-0.2, 0) is 0 Å². The lowest BCUT2D eigenvalue weighted by atomic mass is 10.1. The first-order valence-corrected chi connectivity index (χ1v) is 7.93.